The van der Waals surface area contributed by atoms with Crippen LogP contribution in [0.25, 0.3) is 11.0 Å². The second-order valence-electron chi connectivity index (χ2n) is 5.44. The van der Waals surface area contributed by atoms with Crippen LogP contribution < -0.4 is 5.73 Å². The molecule has 21 heavy (non-hydrogen) atoms. The van der Waals surface area contributed by atoms with Gasteiger partial charge in [-0.15, -0.1) is 0 Å². The minimum atomic E-state index is -0.126. The fourth-order valence-electron chi connectivity index (χ4n) is 2.68. The van der Waals surface area contributed by atoms with Crippen LogP contribution in [0.4, 0.5) is 0 Å². The van der Waals surface area contributed by atoms with E-state index in [1.54, 1.807) is 6.33 Å². The smallest absolute Gasteiger partial charge is 0.111 e. The number of aryl methyl sites for hydroxylation is 2. The van der Waals surface area contributed by atoms with Gasteiger partial charge in [0.25, 0.3) is 0 Å². The molecule has 2 N–H and O–H groups in total. The van der Waals surface area contributed by atoms with Gasteiger partial charge in [0, 0.05) is 26.2 Å². The SMILES string of the molecule is CCCn1c(CC(N)c2cn(C)cn2)nc2ccccc21. The molecule has 0 amide bonds. The summed E-state index contributed by atoms with van der Waals surface area (Å²) < 4.78 is 4.20. The maximum Gasteiger partial charge on any atom is 0.111 e. The molecule has 0 aliphatic carbocycles. The molecule has 0 aliphatic rings. The molecule has 5 heteroatoms. The summed E-state index contributed by atoms with van der Waals surface area (Å²) in [4.78, 5) is 9.09. The summed E-state index contributed by atoms with van der Waals surface area (Å²) in [5.74, 6) is 1.04. The molecule has 3 rings (SSSR count). The summed E-state index contributed by atoms with van der Waals surface area (Å²) in [5.41, 5.74) is 9.43. The Morgan fingerprint density at radius 3 is 2.81 bits per heavy atom. The summed E-state index contributed by atoms with van der Waals surface area (Å²) in [6, 6.07) is 8.12. The van der Waals surface area contributed by atoms with Crippen LogP contribution in [0, 0.1) is 0 Å². The van der Waals surface area contributed by atoms with Gasteiger partial charge in [0.1, 0.15) is 5.82 Å². The number of aromatic nitrogens is 4. The summed E-state index contributed by atoms with van der Waals surface area (Å²) in [7, 11) is 1.95. The van der Waals surface area contributed by atoms with Crippen molar-refractivity contribution >= 4 is 11.0 Å². The first kappa shape index (κ1) is 13.8. The molecule has 1 atom stereocenters. The third-order valence-corrected chi connectivity index (χ3v) is 3.69. The number of fused-ring (bicyclic) bond motifs is 1. The summed E-state index contributed by atoms with van der Waals surface area (Å²) in [6.45, 7) is 3.14. The van der Waals surface area contributed by atoms with Crippen LogP contribution in [-0.4, -0.2) is 19.1 Å². The third kappa shape index (κ3) is 2.69. The second kappa shape index (κ2) is 5.69. The van der Waals surface area contributed by atoms with E-state index in [1.807, 2.05) is 23.9 Å². The Kier molecular flexibility index (Phi) is 3.75. The molecule has 0 spiro atoms. The van der Waals surface area contributed by atoms with Crippen LogP contribution in [-0.2, 0) is 20.0 Å². The van der Waals surface area contributed by atoms with E-state index in [9.17, 15) is 0 Å². The number of rotatable bonds is 5. The zero-order valence-electron chi connectivity index (χ0n) is 12.5. The zero-order chi connectivity index (χ0) is 14.8. The van der Waals surface area contributed by atoms with E-state index in [-0.39, 0.29) is 6.04 Å². The topological polar surface area (TPSA) is 61.7 Å². The average molecular weight is 283 g/mol. The lowest BCUT2D eigenvalue weighted by Gasteiger charge is -2.11. The largest absolute Gasteiger partial charge is 0.340 e. The first-order chi connectivity index (χ1) is 10.2. The molecule has 0 aliphatic heterocycles. The van der Waals surface area contributed by atoms with E-state index in [4.69, 9.17) is 10.7 Å². The molecular formula is C16H21N5. The van der Waals surface area contributed by atoms with Crippen LogP contribution in [0.15, 0.2) is 36.8 Å². The fraction of sp³-hybridized carbons (Fsp3) is 0.375. The van der Waals surface area contributed by atoms with Crippen molar-refractivity contribution in [2.45, 2.75) is 32.4 Å². The van der Waals surface area contributed by atoms with Gasteiger partial charge in [-0.1, -0.05) is 19.1 Å². The maximum atomic E-state index is 6.30. The van der Waals surface area contributed by atoms with Gasteiger partial charge in [-0.05, 0) is 18.6 Å². The van der Waals surface area contributed by atoms with E-state index in [0.717, 1.165) is 30.0 Å². The van der Waals surface area contributed by atoms with Crippen molar-refractivity contribution in [3.8, 4) is 0 Å². The molecule has 5 nitrogen and oxygen atoms in total. The Morgan fingerprint density at radius 1 is 1.29 bits per heavy atom. The summed E-state index contributed by atoms with van der Waals surface area (Å²) in [5, 5.41) is 0. The molecule has 0 bridgehead atoms. The van der Waals surface area contributed by atoms with Gasteiger partial charge in [0.05, 0.1) is 29.1 Å². The Morgan fingerprint density at radius 2 is 2.10 bits per heavy atom. The van der Waals surface area contributed by atoms with Crippen molar-refractivity contribution in [1.82, 2.24) is 19.1 Å². The van der Waals surface area contributed by atoms with Gasteiger partial charge in [0.15, 0.2) is 0 Å². The Hall–Kier alpha value is -2.14. The van der Waals surface area contributed by atoms with Crippen LogP contribution in [0.1, 0.15) is 30.9 Å². The lowest BCUT2D eigenvalue weighted by atomic mass is 10.1. The van der Waals surface area contributed by atoms with Gasteiger partial charge >= 0.3 is 0 Å². The molecule has 110 valence electrons. The van der Waals surface area contributed by atoms with Crippen molar-refractivity contribution in [3.63, 3.8) is 0 Å². The van der Waals surface area contributed by atoms with Crippen LogP contribution in [0.5, 0.6) is 0 Å². The van der Waals surface area contributed by atoms with Gasteiger partial charge in [0.2, 0.25) is 0 Å². The maximum absolute atomic E-state index is 6.30. The molecule has 0 saturated heterocycles. The number of para-hydroxylation sites is 2. The van der Waals surface area contributed by atoms with E-state index in [0.29, 0.717) is 6.42 Å². The van der Waals surface area contributed by atoms with E-state index < -0.39 is 0 Å². The summed E-state index contributed by atoms with van der Waals surface area (Å²) >= 11 is 0. The van der Waals surface area contributed by atoms with Gasteiger partial charge in [-0.2, -0.15) is 0 Å². The van der Waals surface area contributed by atoms with Gasteiger partial charge in [-0.3, -0.25) is 0 Å². The van der Waals surface area contributed by atoms with Crippen LogP contribution in [0.3, 0.4) is 0 Å². The molecular weight excluding hydrogens is 262 g/mol. The molecule has 0 fully saturated rings. The normalized spacial score (nSPS) is 12.9. The quantitative estimate of drug-likeness (QED) is 0.782. The number of nitrogens with two attached hydrogens (primary N) is 1. The van der Waals surface area contributed by atoms with Crippen molar-refractivity contribution in [2.75, 3.05) is 0 Å². The standard InChI is InChI=1S/C16H21N5/c1-3-8-21-15-7-5-4-6-13(15)19-16(21)9-12(17)14-10-20(2)11-18-14/h4-7,10-12H,3,8-9,17H2,1-2H3. The molecule has 1 unspecified atom stereocenters. The highest BCUT2D eigenvalue weighted by Crippen LogP contribution is 2.20. The van der Waals surface area contributed by atoms with Crippen molar-refractivity contribution in [3.05, 3.63) is 48.3 Å². The zero-order valence-corrected chi connectivity index (χ0v) is 12.5. The number of nitrogens with zero attached hydrogens (tertiary/aromatic N) is 4. The number of imidazole rings is 2. The Bertz CT molecular complexity index is 740. The molecule has 2 aromatic heterocycles. The second-order valence-corrected chi connectivity index (χ2v) is 5.44. The highest BCUT2D eigenvalue weighted by Gasteiger charge is 2.16. The van der Waals surface area contributed by atoms with Gasteiger partial charge in [-0.25, -0.2) is 9.97 Å². The van der Waals surface area contributed by atoms with E-state index >= 15 is 0 Å². The van der Waals surface area contributed by atoms with Crippen molar-refractivity contribution in [1.29, 1.82) is 0 Å². The first-order valence-electron chi connectivity index (χ1n) is 7.36. The minimum absolute atomic E-state index is 0.126. The average Bonchev–Trinajstić information content (AvgIpc) is 3.04. The molecule has 2 heterocycles. The lowest BCUT2D eigenvalue weighted by molar-refractivity contribution is 0.603. The lowest BCUT2D eigenvalue weighted by Crippen LogP contribution is -2.17. The highest BCUT2D eigenvalue weighted by molar-refractivity contribution is 5.75. The van der Waals surface area contributed by atoms with Crippen molar-refractivity contribution < 1.29 is 0 Å². The number of hydrogen-bond acceptors (Lipinski definition) is 3. The van der Waals surface area contributed by atoms with Crippen LogP contribution in [0.2, 0.25) is 0 Å². The molecule has 1 aromatic carbocycles. The molecule has 0 saturated carbocycles. The van der Waals surface area contributed by atoms with E-state index in [2.05, 4.69) is 34.7 Å². The van der Waals surface area contributed by atoms with Crippen LogP contribution >= 0.6 is 0 Å². The molecule has 3 aromatic rings. The highest BCUT2D eigenvalue weighted by atomic mass is 15.1. The Labute approximate surface area is 124 Å². The van der Waals surface area contributed by atoms with Crippen molar-refractivity contribution in [2.24, 2.45) is 12.8 Å². The Balaban J connectivity index is 1.94. The van der Waals surface area contributed by atoms with E-state index in [1.165, 1.54) is 5.52 Å². The predicted molar refractivity (Wildman–Crippen MR) is 83.9 cm³/mol. The molecule has 0 radical (unpaired) electrons. The minimum Gasteiger partial charge on any atom is -0.340 e. The predicted octanol–water partition coefficient (Wildman–Crippen LogP) is 2.42. The first-order valence-corrected chi connectivity index (χ1v) is 7.36. The fourth-order valence-corrected chi connectivity index (χ4v) is 2.68. The van der Waals surface area contributed by atoms with Gasteiger partial charge < -0.3 is 14.9 Å². The third-order valence-electron chi connectivity index (χ3n) is 3.69. The summed E-state index contributed by atoms with van der Waals surface area (Å²) in [6.07, 6.45) is 5.53. The number of hydrogen-bond donors (Lipinski definition) is 1. The monoisotopic (exact) mass is 283 g/mol. The number of benzene rings is 1.